The van der Waals surface area contributed by atoms with E-state index in [1.54, 1.807) is 17.0 Å². The lowest BCUT2D eigenvalue weighted by molar-refractivity contribution is 0.902. The summed E-state index contributed by atoms with van der Waals surface area (Å²) in [6, 6.07) is 0. The van der Waals surface area contributed by atoms with E-state index in [2.05, 4.69) is 21.3 Å². The monoisotopic (exact) mass is 147 g/mol. The van der Waals surface area contributed by atoms with Crippen LogP contribution in [0.15, 0.2) is 18.6 Å². The van der Waals surface area contributed by atoms with Crippen molar-refractivity contribution in [3.63, 3.8) is 0 Å². The maximum atomic E-state index is 4.05. The molecule has 2 aromatic heterocycles. The third-order valence-corrected chi connectivity index (χ3v) is 1.38. The zero-order chi connectivity index (χ0) is 7.68. The first-order chi connectivity index (χ1) is 5.36. The van der Waals surface area contributed by atoms with Crippen LogP contribution < -0.4 is 0 Å². The van der Waals surface area contributed by atoms with Gasteiger partial charge in [-0.2, -0.15) is 0 Å². The second-order valence-electron chi connectivity index (χ2n) is 2.27. The smallest absolute Gasteiger partial charge is 0.176 e. The molecule has 1 radical (unpaired) electrons. The van der Waals surface area contributed by atoms with Crippen molar-refractivity contribution in [2.75, 3.05) is 0 Å². The second kappa shape index (κ2) is 2.23. The van der Waals surface area contributed by atoms with Gasteiger partial charge < -0.3 is 9.55 Å². The minimum Gasteiger partial charge on any atom is -0.343 e. The van der Waals surface area contributed by atoms with E-state index in [9.17, 15) is 0 Å². The van der Waals surface area contributed by atoms with Gasteiger partial charge in [0.2, 0.25) is 0 Å². The molecule has 4 heteroatoms. The van der Waals surface area contributed by atoms with Crippen LogP contribution in [0.25, 0.3) is 11.5 Å². The van der Waals surface area contributed by atoms with Gasteiger partial charge in [-0.05, 0) is 0 Å². The molecule has 0 aliphatic rings. The van der Waals surface area contributed by atoms with Crippen LogP contribution in [0, 0.1) is 6.33 Å². The van der Waals surface area contributed by atoms with E-state index in [1.165, 1.54) is 0 Å². The largest absolute Gasteiger partial charge is 0.343 e. The lowest BCUT2D eigenvalue weighted by atomic mass is 10.5. The van der Waals surface area contributed by atoms with Gasteiger partial charge in [-0.25, -0.2) is 9.97 Å². The molecule has 0 atom stereocenters. The molecule has 0 aliphatic heterocycles. The Bertz CT molecular complexity index is 333. The quantitative estimate of drug-likeness (QED) is 0.642. The molecular weight excluding hydrogens is 140 g/mol. The first-order valence-electron chi connectivity index (χ1n) is 3.27. The minimum absolute atomic E-state index is 0.779. The summed E-state index contributed by atoms with van der Waals surface area (Å²) < 4.78 is 1.76. The third kappa shape index (κ3) is 1.02. The Kier molecular flexibility index (Phi) is 1.25. The van der Waals surface area contributed by atoms with Crippen LogP contribution in [0.1, 0.15) is 0 Å². The second-order valence-corrected chi connectivity index (χ2v) is 2.27. The van der Waals surface area contributed by atoms with Gasteiger partial charge in [-0.3, -0.25) is 0 Å². The molecule has 2 aromatic rings. The number of H-pyrrole nitrogens is 1. The van der Waals surface area contributed by atoms with Crippen molar-refractivity contribution in [1.29, 1.82) is 0 Å². The molecule has 2 heterocycles. The van der Waals surface area contributed by atoms with E-state index >= 15 is 0 Å². The molecule has 0 unspecified atom stereocenters. The highest BCUT2D eigenvalue weighted by molar-refractivity contribution is 5.46. The summed E-state index contributed by atoms with van der Waals surface area (Å²) in [5.41, 5.74) is 0.817. The average Bonchev–Trinajstić information content (AvgIpc) is 2.55. The topological polar surface area (TPSA) is 46.5 Å². The fraction of sp³-hybridized carbons (Fsp3) is 0.143. The minimum atomic E-state index is 0.779. The number of aryl methyl sites for hydroxylation is 1. The van der Waals surface area contributed by atoms with Gasteiger partial charge >= 0.3 is 0 Å². The third-order valence-electron chi connectivity index (χ3n) is 1.38. The van der Waals surface area contributed by atoms with E-state index in [4.69, 9.17) is 0 Å². The Morgan fingerprint density at radius 3 is 3.09 bits per heavy atom. The molecule has 0 fully saturated rings. The Morgan fingerprint density at radius 2 is 2.55 bits per heavy atom. The molecule has 11 heavy (non-hydrogen) atoms. The highest BCUT2D eigenvalue weighted by atomic mass is 15.0. The average molecular weight is 147 g/mol. The standard InChI is InChI=1S/C7H7N4/c1-11-4-6(10-5-11)7-8-2-3-9-7/h2-4H,1H3,(H,8,9). The van der Waals surface area contributed by atoms with Gasteiger partial charge in [0, 0.05) is 25.6 Å². The van der Waals surface area contributed by atoms with Crippen LogP contribution >= 0.6 is 0 Å². The summed E-state index contributed by atoms with van der Waals surface area (Å²) >= 11 is 0. The molecule has 1 N–H and O–H groups in total. The van der Waals surface area contributed by atoms with Crippen LogP contribution in [0.4, 0.5) is 0 Å². The van der Waals surface area contributed by atoms with E-state index < -0.39 is 0 Å². The van der Waals surface area contributed by atoms with Gasteiger partial charge in [-0.15, -0.1) is 0 Å². The SMILES string of the molecule is Cn1[c]nc(-c2ncc[nH]2)c1. The normalized spacial score (nSPS) is 10.3. The molecular formula is C7H7N4. The number of nitrogens with zero attached hydrogens (tertiary/aromatic N) is 3. The van der Waals surface area contributed by atoms with Crippen LogP contribution in [0.5, 0.6) is 0 Å². The number of nitrogens with one attached hydrogen (secondary N) is 1. The highest BCUT2D eigenvalue weighted by Crippen LogP contribution is 2.08. The zero-order valence-corrected chi connectivity index (χ0v) is 6.07. The number of hydrogen-bond acceptors (Lipinski definition) is 2. The Labute approximate surface area is 63.9 Å². The first kappa shape index (κ1) is 6.15. The maximum absolute atomic E-state index is 4.05. The van der Waals surface area contributed by atoms with E-state index in [0.29, 0.717) is 0 Å². The summed E-state index contributed by atoms with van der Waals surface area (Å²) in [6.07, 6.45) is 8.09. The number of hydrogen-bond donors (Lipinski definition) is 1. The molecule has 0 spiro atoms. The van der Waals surface area contributed by atoms with Crippen LogP contribution in [0.3, 0.4) is 0 Å². The zero-order valence-electron chi connectivity index (χ0n) is 6.07. The number of aromatic amines is 1. The molecule has 2 rings (SSSR count). The fourth-order valence-corrected chi connectivity index (χ4v) is 0.893. The summed E-state index contributed by atoms with van der Waals surface area (Å²) in [5, 5.41) is 0. The lowest BCUT2D eigenvalue weighted by Crippen LogP contribution is -1.80. The fourth-order valence-electron chi connectivity index (χ4n) is 0.893. The number of rotatable bonds is 1. The molecule has 0 amide bonds. The number of aromatic nitrogens is 4. The van der Waals surface area contributed by atoms with Crippen LogP contribution in [0.2, 0.25) is 0 Å². The number of imidazole rings is 2. The van der Waals surface area contributed by atoms with Crippen LogP contribution in [-0.2, 0) is 7.05 Å². The van der Waals surface area contributed by atoms with Gasteiger partial charge in [0.25, 0.3) is 0 Å². The predicted octanol–water partition coefficient (Wildman–Crippen LogP) is 0.610. The summed E-state index contributed by atoms with van der Waals surface area (Å²) in [6.45, 7) is 0. The molecule has 0 saturated heterocycles. The van der Waals surface area contributed by atoms with Crippen molar-refractivity contribution in [3.05, 3.63) is 24.9 Å². The van der Waals surface area contributed by atoms with Crippen molar-refractivity contribution in [2.45, 2.75) is 0 Å². The van der Waals surface area contributed by atoms with Crippen molar-refractivity contribution in [3.8, 4) is 11.5 Å². The van der Waals surface area contributed by atoms with Gasteiger partial charge in [-0.1, -0.05) is 0 Å². The first-order valence-corrected chi connectivity index (χ1v) is 3.27. The van der Waals surface area contributed by atoms with Crippen molar-refractivity contribution in [1.82, 2.24) is 19.5 Å². The van der Waals surface area contributed by atoms with Crippen molar-refractivity contribution < 1.29 is 0 Å². The molecule has 0 bridgehead atoms. The van der Waals surface area contributed by atoms with Crippen molar-refractivity contribution >= 4 is 0 Å². The van der Waals surface area contributed by atoms with Gasteiger partial charge in [0.15, 0.2) is 12.2 Å². The van der Waals surface area contributed by atoms with E-state index in [0.717, 1.165) is 11.5 Å². The summed E-state index contributed by atoms with van der Waals surface area (Å²) in [7, 11) is 1.87. The summed E-state index contributed by atoms with van der Waals surface area (Å²) in [5.74, 6) is 0.779. The Balaban J connectivity index is 2.45. The van der Waals surface area contributed by atoms with Gasteiger partial charge in [0.05, 0.1) is 0 Å². The molecule has 55 valence electrons. The summed E-state index contributed by atoms with van der Waals surface area (Å²) in [4.78, 5) is 11.0. The Hall–Kier alpha value is -1.58. The van der Waals surface area contributed by atoms with Crippen LogP contribution in [-0.4, -0.2) is 19.5 Å². The molecule has 0 aromatic carbocycles. The predicted molar refractivity (Wildman–Crippen MR) is 39.6 cm³/mol. The molecule has 0 saturated carbocycles. The van der Waals surface area contributed by atoms with E-state index in [1.807, 2.05) is 13.2 Å². The molecule has 4 nitrogen and oxygen atoms in total. The maximum Gasteiger partial charge on any atom is 0.176 e. The van der Waals surface area contributed by atoms with Gasteiger partial charge in [0.1, 0.15) is 5.69 Å². The lowest BCUT2D eigenvalue weighted by Gasteiger charge is -1.85. The van der Waals surface area contributed by atoms with Crippen molar-refractivity contribution in [2.24, 2.45) is 7.05 Å². The molecule has 0 aliphatic carbocycles. The highest BCUT2D eigenvalue weighted by Gasteiger charge is 2.01. The Morgan fingerprint density at radius 1 is 1.64 bits per heavy atom. The van der Waals surface area contributed by atoms with E-state index in [-0.39, 0.29) is 0 Å².